The van der Waals surface area contributed by atoms with Crippen LogP contribution in [0.5, 0.6) is 0 Å². The maximum absolute atomic E-state index is 12.2. The van der Waals surface area contributed by atoms with Crippen molar-refractivity contribution in [2.75, 3.05) is 18.5 Å². The van der Waals surface area contributed by atoms with Crippen molar-refractivity contribution in [2.24, 2.45) is 0 Å². The molecule has 1 saturated carbocycles. The molecular formula is C14H21N3O2. The molecule has 104 valence electrons. The van der Waals surface area contributed by atoms with Crippen LogP contribution in [0.25, 0.3) is 0 Å². The zero-order valence-corrected chi connectivity index (χ0v) is 11.4. The summed E-state index contributed by atoms with van der Waals surface area (Å²) < 4.78 is 5.96. The fraction of sp³-hybridized carbons (Fsp3) is 0.714. The van der Waals surface area contributed by atoms with Crippen LogP contribution in [-0.4, -0.2) is 23.1 Å². The summed E-state index contributed by atoms with van der Waals surface area (Å²) in [6.45, 7) is 3.54. The summed E-state index contributed by atoms with van der Waals surface area (Å²) in [5, 5.41) is 3.24. The molecule has 0 bridgehead atoms. The first-order chi connectivity index (χ1) is 9.25. The Morgan fingerprint density at radius 1 is 1.32 bits per heavy atom. The summed E-state index contributed by atoms with van der Waals surface area (Å²) >= 11 is 0. The summed E-state index contributed by atoms with van der Waals surface area (Å²) in [7, 11) is 0. The zero-order valence-electron chi connectivity index (χ0n) is 11.4. The van der Waals surface area contributed by atoms with Crippen LogP contribution in [0.4, 0.5) is 5.82 Å². The largest absolute Gasteiger partial charge is 0.370 e. The number of ether oxygens (including phenoxy) is 1. The molecule has 2 heterocycles. The monoisotopic (exact) mass is 263 g/mol. The number of rotatable bonds is 3. The van der Waals surface area contributed by atoms with E-state index in [0.717, 1.165) is 56.5 Å². The first-order valence-electron chi connectivity index (χ1n) is 7.27. The molecule has 1 aliphatic heterocycles. The quantitative estimate of drug-likeness (QED) is 0.874. The van der Waals surface area contributed by atoms with Gasteiger partial charge in [-0.1, -0.05) is 0 Å². The molecule has 2 N–H and O–H groups in total. The van der Waals surface area contributed by atoms with Crippen molar-refractivity contribution in [3.8, 4) is 0 Å². The van der Waals surface area contributed by atoms with E-state index in [4.69, 9.17) is 4.74 Å². The third-order valence-corrected chi connectivity index (χ3v) is 4.17. The highest BCUT2D eigenvalue weighted by Gasteiger charge is 2.39. The minimum absolute atomic E-state index is 0.00169. The molecule has 1 aromatic rings. The summed E-state index contributed by atoms with van der Waals surface area (Å²) in [6.07, 6.45) is 5.97. The van der Waals surface area contributed by atoms with Crippen LogP contribution < -0.4 is 10.9 Å². The van der Waals surface area contributed by atoms with Gasteiger partial charge in [0.25, 0.3) is 5.56 Å². The third-order valence-electron chi connectivity index (χ3n) is 4.17. The second-order valence-electron chi connectivity index (χ2n) is 5.41. The summed E-state index contributed by atoms with van der Waals surface area (Å²) in [4.78, 5) is 19.8. The normalized spacial score (nSPS) is 20.9. The SMILES string of the molecule is CCOC1(c2nc3c(c(=O)[nH]2)CCCN3)CCCC1. The lowest BCUT2D eigenvalue weighted by Gasteiger charge is -2.29. The Morgan fingerprint density at radius 3 is 2.84 bits per heavy atom. The Balaban J connectivity index is 2.04. The first-order valence-corrected chi connectivity index (χ1v) is 7.27. The van der Waals surface area contributed by atoms with Crippen molar-refractivity contribution in [3.05, 3.63) is 21.7 Å². The van der Waals surface area contributed by atoms with Gasteiger partial charge in [0, 0.05) is 13.2 Å². The molecule has 1 aliphatic carbocycles. The van der Waals surface area contributed by atoms with Gasteiger partial charge in [-0.2, -0.15) is 0 Å². The Labute approximate surface area is 112 Å². The van der Waals surface area contributed by atoms with E-state index in [0.29, 0.717) is 12.4 Å². The summed E-state index contributed by atoms with van der Waals surface area (Å²) in [6, 6.07) is 0. The zero-order chi connectivity index (χ0) is 13.3. The molecule has 0 saturated heterocycles. The molecule has 5 nitrogen and oxygen atoms in total. The molecule has 1 fully saturated rings. The van der Waals surface area contributed by atoms with Gasteiger partial charge in [-0.05, 0) is 45.4 Å². The smallest absolute Gasteiger partial charge is 0.256 e. The predicted octanol–water partition coefficient (Wildman–Crippen LogP) is 1.93. The highest BCUT2D eigenvalue weighted by Crippen LogP contribution is 2.40. The molecule has 0 unspecified atom stereocenters. The molecule has 0 spiro atoms. The van der Waals surface area contributed by atoms with Gasteiger partial charge < -0.3 is 15.0 Å². The number of fused-ring (bicyclic) bond motifs is 1. The maximum atomic E-state index is 12.2. The first kappa shape index (κ1) is 12.7. The summed E-state index contributed by atoms with van der Waals surface area (Å²) in [5.41, 5.74) is 0.417. The lowest BCUT2D eigenvalue weighted by Crippen LogP contribution is -2.34. The van der Waals surface area contributed by atoms with Crippen LogP contribution in [0.15, 0.2) is 4.79 Å². The molecule has 3 rings (SSSR count). The minimum atomic E-state index is -0.373. The molecule has 1 aromatic heterocycles. The Bertz CT molecular complexity index is 518. The van der Waals surface area contributed by atoms with E-state index in [1.165, 1.54) is 0 Å². The predicted molar refractivity (Wildman–Crippen MR) is 73.4 cm³/mol. The second-order valence-corrected chi connectivity index (χ2v) is 5.41. The lowest BCUT2D eigenvalue weighted by molar-refractivity contribution is -0.0458. The Hall–Kier alpha value is -1.36. The molecule has 0 atom stereocenters. The molecule has 2 aliphatic rings. The number of hydrogen-bond acceptors (Lipinski definition) is 4. The number of anilines is 1. The average molecular weight is 263 g/mol. The van der Waals surface area contributed by atoms with Crippen molar-refractivity contribution < 1.29 is 4.74 Å². The van der Waals surface area contributed by atoms with Crippen LogP contribution in [0.1, 0.15) is 50.4 Å². The maximum Gasteiger partial charge on any atom is 0.256 e. The van der Waals surface area contributed by atoms with Gasteiger partial charge >= 0.3 is 0 Å². The van der Waals surface area contributed by atoms with Crippen molar-refractivity contribution >= 4 is 5.82 Å². The van der Waals surface area contributed by atoms with Crippen LogP contribution in [0.3, 0.4) is 0 Å². The van der Waals surface area contributed by atoms with Crippen LogP contribution in [-0.2, 0) is 16.8 Å². The van der Waals surface area contributed by atoms with E-state index >= 15 is 0 Å². The van der Waals surface area contributed by atoms with Crippen molar-refractivity contribution in [1.82, 2.24) is 9.97 Å². The molecular weight excluding hydrogens is 242 g/mol. The van der Waals surface area contributed by atoms with E-state index in [9.17, 15) is 4.79 Å². The van der Waals surface area contributed by atoms with Gasteiger partial charge in [-0.3, -0.25) is 4.79 Å². The van der Waals surface area contributed by atoms with E-state index in [1.54, 1.807) is 0 Å². The van der Waals surface area contributed by atoms with Gasteiger partial charge in [0.1, 0.15) is 17.2 Å². The number of aromatic amines is 1. The van der Waals surface area contributed by atoms with Crippen molar-refractivity contribution in [2.45, 2.75) is 51.0 Å². The van der Waals surface area contributed by atoms with E-state index in [1.807, 2.05) is 6.92 Å². The van der Waals surface area contributed by atoms with Gasteiger partial charge in [0.2, 0.25) is 0 Å². The third kappa shape index (κ3) is 2.16. The standard InChI is InChI=1S/C14H21N3O2/c1-2-19-14(7-3-4-8-14)13-16-11-10(12(18)17-13)6-5-9-15-11/h2-9H2,1H3,(H2,15,16,17,18). The Kier molecular flexibility index (Phi) is 3.31. The number of nitrogens with one attached hydrogen (secondary N) is 2. The van der Waals surface area contributed by atoms with Crippen LogP contribution in [0, 0.1) is 0 Å². The van der Waals surface area contributed by atoms with Crippen LogP contribution >= 0.6 is 0 Å². The molecule has 0 amide bonds. The van der Waals surface area contributed by atoms with Crippen LogP contribution in [0.2, 0.25) is 0 Å². The Morgan fingerprint density at radius 2 is 2.11 bits per heavy atom. The van der Waals surface area contributed by atoms with Gasteiger partial charge in [0.15, 0.2) is 0 Å². The van der Waals surface area contributed by atoms with Gasteiger partial charge in [0.05, 0.1) is 5.56 Å². The summed E-state index contributed by atoms with van der Waals surface area (Å²) in [5.74, 6) is 1.47. The van der Waals surface area contributed by atoms with Gasteiger partial charge in [-0.15, -0.1) is 0 Å². The van der Waals surface area contributed by atoms with Crippen molar-refractivity contribution in [3.63, 3.8) is 0 Å². The lowest BCUT2D eigenvalue weighted by atomic mass is 10.00. The second kappa shape index (κ2) is 4.96. The van der Waals surface area contributed by atoms with E-state index < -0.39 is 0 Å². The number of aromatic nitrogens is 2. The molecule has 19 heavy (non-hydrogen) atoms. The fourth-order valence-corrected chi connectivity index (χ4v) is 3.24. The van der Waals surface area contributed by atoms with Crippen molar-refractivity contribution in [1.29, 1.82) is 0 Å². The van der Waals surface area contributed by atoms with Gasteiger partial charge in [-0.25, -0.2) is 4.98 Å². The van der Waals surface area contributed by atoms with E-state index in [-0.39, 0.29) is 11.2 Å². The topological polar surface area (TPSA) is 67.0 Å². The highest BCUT2D eigenvalue weighted by molar-refractivity contribution is 5.45. The fourth-order valence-electron chi connectivity index (χ4n) is 3.24. The number of H-pyrrole nitrogens is 1. The molecule has 0 aromatic carbocycles. The highest BCUT2D eigenvalue weighted by atomic mass is 16.5. The number of nitrogens with zero attached hydrogens (tertiary/aromatic N) is 1. The molecule has 0 radical (unpaired) electrons. The number of hydrogen-bond donors (Lipinski definition) is 2. The average Bonchev–Trinajstić information content (AvgIpc) is 2.89. The minimum Gasteiger partial charge on any atom is -0.370 e. The van der Waals surface area contributed by atoms with E-state index in [2.05, 4.69) is 15.3 Å². The molecule has 5 heteroatoms.